The van der Waals surface area contributed by atoms with Crippen molar-refractivity contribution in [2.75, 3.05) is 0 Å². The summed E-state index contributed by atoms with van der Waals surface area (Å²) in [6.45, 7) is 6.92. The zero-order valence-electron chi connectivity index (χ0n) is 9.95. The van der Waals surface area contributed by atoms with Crippen LogP contribution in [-0.4, -0.2) is 11.6 Å². The van der Waals surface area contributed by atoms with Crippen LogP contribution in [0.4, 0.5) is 5.69 Å². The Morgan fingerprint density at radius 3 is 2.78 bits per heavy atom. The van der Waals surface area contributed by atoms with E-state index >= 15 is 0 Å². The van der Waals surface area contributed by atoms with Gasteiger partial charge in [0.15, 0.2) is 0 Å². The van der Waals surface area contributed by atoms with E-state index < -0.39 is 4.92 Å². The van der Waals surface area contributed by atoms with Crippen molar-refractivity contribution in [2.24, 2.45) is 4.99 Å². The first-order chi connectivity index (χ1) is 8.69. The van der Waals surface area contributed by atoms with Crippen molar-refractivity contribution in [3.8, 4) is 0 Å². The van der Waals surface area contributed by atoms with Gasteiger partial charge in [0.1, 0.15) is 0 Å². The van der Waals surface area contributed by atoms with Gasteiger partial charge in [0.05, 0.1) is 10.6 Å². The smallest absolute Gasteiger partial charge is 0.264 e. The molecule has 0 aliphatic heterocycles. The number of allylic oxidation sites excluding steroid dienone is 4. The van der Waals surface area contributed by atoms with Crippen LogP contribution >= 0.6 is 0 Å². The summed E-state index contributed by atoms with van der Waals surface area (Å²) in [5, 5.41) is 10.7. The Hall–Kier alpha value is -2.49. The number of hydrogen-bond acceptors (Lipinski definition) is 3. The summed E-state index contributed by atoms with van der Waals surface area (Å²) in [5.41, 5.74) is 1.77. The average Bonchev–Trinajstić information content (AvgIpc) is 2.38. The summed E-state index contributed by atoms with van der Waals surface area (Å²) in [7, 11) is 0. The van der Waals surface area contributed by atoms with Crippen LogP contribution in [0.3, 0.4) is 0 Å². The van der Waals surface area contributed by atoms with Crippen LogP contribution in [0, 0.1) is 10.1 Å². The van der Waals surface area contributed by atoms with Crippen molar-refractivity contribution >= 4 is 12.4 Å². The highest BCUT2D eigenvalue weighted by Crippen LogP contribution is 2.18. The zero-order chi connectivity index (χ0) is 13.4. The molecule has 0 aromatic heterocycles. The van der Waals surface area contributed by atoms with Gasteiger partial charge in [0.2, 0.25) is 0 Å². The largest absolute Gasteiger partial charge is 0.269 e. The van der Waals surface area contributed by atoms with Crippen LogP contribution in [0.5, 0.6) is 0 Å². The first-order valence-electron chi connectivity index (χ1n) is 5.37. The van der Waals surface area contributed by atoms with E-state index in [1.807, 2.05) is 24.3 Å². The molecule has 0 spiro atoms. The van der Waals surface area contributed by atoms with Gasteiger partial charge in [0.25, 0.3) is 5.70 Å². The Morgan fingerprint density at radius 2 is 2.17 bits per heavy atom. The van der Waals surface area contributed by atoms with Crippen molar-refractivity contribution in [1.29, 1.82) is 0 Å². The number of hydrogen-bond donors (Lipinski definition) is 0. The number of rotatable bonds is 6. The molecule has 0 bridgehead atoms. The zero-order valence-corrected chi connectivity index (χ0v) is 9.95. The molecule has 92 valence electrons. The van der Waals surface area contributed by atoms with E-state index in [0.717, 1.165) is 11.3 Å². The average molecular weight is 242 g/mol. The van der Waals surface area contributed by atoms with Crippen molar-refractivity contribution in [1.82, 2.24) is 0 Å². The predicted octanol–water partition coefficient (Wildman–Crippen LogP) is 3.46. The van der Waals surface area contributed by atoms with Crippen molar-refractivity contribution in [3.63, 3.8) is 0 Å². The van der Waals surface area contributed by atoms with Gasteiger partial charge in [-0.05, 0) is 24.8 Å². The molecule has 0 saturated carbocycles. The van der Waals surface area contributed by atoms with Gasteiger partial charge in [-0.25, -0.2) is 0 Å². The number of nitrogens with zero attached hydrogens (tertiary/aromatic N) is 2. The highest BCUT2D eigenvalue weighted by molar-refractivity contribution is 5.51. The van der Waals surface area contributed by atoms with Gasteiger partial charge in [-0.3, -0.25) is 15.1 Å². The fourth-order valence-corrected chi connectivity index (χ4v) is 1.44. The second-order valence-electron chi connectivity index (χ2n) is 3.48. The van der Waals surface area contributed by atoms with E-state index in [1.54, 1.807) is 6.08 Å². The van der Waals surface area contributed by atoms with Crippen molar-refractivity contribution in [2.45, 2.75) is 6.42 Å². The second kappa shape index (κ2) is 6.96. The minimum absolute atomic E-state index is 0.00837. The molecule has 0 unspecified atom stereocenters. The minimum Gasteiger partial charge on any atom is -0.264 e. The molecule has 18 heavy (non-hydrogen) atoms. The Morgan fingerprint density at radius 1 is 1.44 bits per heavy atom. The third-order valence-electron chi connectivity index (χ3n) is 2.29. The fraction of sp³-hybridized carbons (Fsp3) is 0.0714. The normalized spacial score (nSPS) is 11.4. The van der Waals surface area contributed by atoms with Crippen LogP contribution in [0.1, 0.15) is 5.56 Å². The van der Waals surface area contributed by atoms with E-state index in [-0.39, 0.29) is 5.70 Å². The summed E-state index contributed by atoms with van der Waals surface area (Å²) in [5.74, 6) is 0. The second-order valence-corrected chi connectivity index (χ2v) is 3.48. The van der Waals surface area contributed by atoms with Gasteiger partial charge >= 0.3 is 0 Å². The Balaban J connectivity index is 2.81. The molecule has 0 aliphatic rings. The van der Waals surface area contributed by atoms with Crippen LogP contribution in [0.2, 0.25) is 0 Å². The maximum atomic E-state index is 10.7. The highest BCUT2D eigenvalue weighted by Gasteiger charge is 2.03. The Labute approximate surface area is 106 Å². The van der Waals surface area contributed by atoms with Crippen LogP contribution in [-0.2, 0) is 6.42 Å². The SMILES string of the molecule is C=C/C=C(\C=C/Cc1ccccc1N=C)[N+](=O)[O-]. The molecule has 4 nitrogen and oxygen atoms in total. The number of nitro groups is 1. The molecular weight excluding hydrogens is 228 g/mol. The summed E-state index contributed by atoms with van der Waals surface area (Å²) in [6.07, 6.45) is 6.50. The molecule has 0 fully saturated rings. The first kappa shape index (κ1) is 13.6. The lowest BCUT2D eigenvalue weighted by Gasteiger charge is -2.00. The molecule has 1 aromatic rings. The van der Waals surface area contributed by atoms with Crippen molar-refractivity contribution < 1.29 is 4.92 Å². The van der Waals surface area contributed by atoms with Crippen LogP contribution in [0.15, 0.2) is 65.8 Å². The molecule has 1 rings (SSSR count). The first-order valence-corrected chi connectivity index (χ1v) is 5.37. The van der Waals surface area contributed by atoms with Gasteiger partial charge in [0, 0.05) is 12.2 Å². The lowest BCUT2D eigenvalue weighted by atomic mass is 10.1. The number of para-hydroxylation sites is 1. The fourth-order valence-electron chi connectivity index (χ4n) is 1.44. The van der Waals surface area contributed by atoms with Gasteiger partial charge in [-0.1, -0.05) is 36.9 Å². The van der Waals surface area contributed by atoms with Gasteiger partial charge < -0.3 is 0 Å². The molecule has 0 heterocycles. The quantitative estimate of drug-likeness (QED) is 0.332. The molecule has 0 atom stereocenters. The van der Waals surface area contributed by atoms with Gasteiger partial charge in [-0.15, -0.1) is 0 Å². The number of benzene rings is 1. The van der Waals surface area contributed by atoms with Gasteiger partial charge in [-0.2, -0.15) is 0 Å². The summed E-state index contributed by atoms with van der Waals surface area (Å²) in [6, 6.07) is 7.53. The van der Waals surface area contributed by atoms with E-state index in [2.05, 4.69) is 18.3 Å². The highest BCUT2D eigenvalue weighted by atomic mass is 16.6. The van der Waals surface area contributed by atoms with E-state index in [4.69, 9.17) is 0 Å². The third-order valence-corrected chi connectivity index (χ3v) is 2.29. The lowest BCUT2D eigenvalue weighted by Crippen LogP contribution is -1.94. The van der Waals surface area contributed by atoms with E-state index in [1.165, 1.54) is 18.2 Å². The molecule has 0 amide bonds. The third kappa shape index (κ3) is 3.83. The summed E-state index contributed by atoms with van der Waals surface area (Å²) >= 11 is 0. The minimum atomic E-state index is -0.449. The van der Waals surface area contributed by atoms with Crippen LogP contribution in [0.25, 0.3) is 0 Å². The topological polar surface area (TPSA) is 55.5 Å². The molecular formula is C14H14N2O2. The monoisotopic (exact) mass is 242 g/mol. The Bertz CT molecular complexity index is 516. The molecule has 4 heteroatoms. The lowest BCUT2D eigenvalue weighted by molar-refractivity contribution is -0.419. The summed E-state index contributed by atoms with van der Waals surface area (Å²) in [4.78, 5) is 14.1. The standard InChI is InChI=1S/C14H14N2O2/c1-3-7-13(16(17)18)10-6-9-12-8-4-5-11-14(12)15-2/h3-8,10-11H,1-2,9H2/b10-6-,13-7+. The van der Waals surface area contributed by atoms with Crippen molar-refractivity contribution in [3.05, 3.63) is 76.5 Å². The number of aliphatic imine (C=N–C) groups is 1. The molecule has 0 radical (unpaired) electrons. The maximum Gasteiger partial charge on any atom is 0.269 e. The molecule has 0 saturated heterocycles. The molecule has 0 aliphatic carbocycles. The Kier molecular flexibility index (Phi) is 5.25. The summed E-state index contributed by atoms with van der Waals surface area (Å²) < 4.78 is 0. The predicted molar refractivity (Wildman–Crippen MR) is 73.8 cm³/mol. The maximum absolute atomic E-state index is 10.7. The molecule has 0 N–H and O–H groups in total. The van der Waals surface area contributed by atoms with Crippen LogP contribution < -0.4 is 0 Å². The van der Waals surface area contributed by atoms with E-state index in [9.17, 15) is 10.1 Å². The van der Waals surface area contributed by atoms with E-state index in [0.29, 0.717) is 6.42 Å². The molecule has 1 aromatic carbocycles.